The van der Waals surface area contributed by atoms with E-state index in [-0.39, 0.29) is 12.5 Å². The van der Waals surface area contributed by atoms with Crippen molar-refractivity contribution in [1.29, 1.82) is 0 Å². The zero-order valence-corrected chi connectivity index (χ0v) is 11.9. The third-order valence-electron chi connectivity index (χ3n) is 3.20. The molecule has 4 N–H and O–H groups in total. The van der Waals surface area contributed by atoms with Crippen molar-refractivity contribution >= 4 is 28.7 Å². The van der Waals surface area contributed by atoms with Crippen LogP contribution in [0.3, 0.4) is 0 Å². The van der Waals surface area contributed by atoms with Crippen molar-refractivity contribution in [2.75, 3.05) is 23.7 Å². The second kappa shape index (κ2) is 5.94. The summed E-state index contributed by atoms with van der Waals surface area (Å²) in [6, 6.07) is 0.362. The lowest BCUT2D eigenvalue weighted by atomic mass is 10.4. The van der Waals surface area contributed by atoms with Crippen molar-refractivity contribution < 1.29 is 4.79 Å². The molecule has 0 spiro atoms. The molecule has 2 heterocycles. The smallest absolute Gasteiger partial charge is 0.239 e. The summed E-state index contributed by atoms with van der Waals surface area (Å²) in [5.41, 5.74) is 0.647. The quantitative estimate of drug-likeness (QED) is 0.602. The lowest BCUT2D eigenvalue weighted by Crippen LogP contribution is -2.31. The fourth-order valence-electron chi connectivity index (χ4n) is 1.96. The molecule has 1 fully saturated rings. The summed E-state index contributed by atoms with van der Waals surface area (Å²) >= 11 is 0. The van der Waals surface area contributed by atoms with Gasteiger partial charge in [-0.2, -0.15) is 15.1 Å². The van der Waals surface area contributed by atoms with Crippen molar-refractivity contribution in [1.82, 2.24) is 25.5 Å². The summed E-state index contributed by atoms with van der Waals surface area (Å²) in [5, 5.41) is 16.7. The molecular formula is C13H19N7O. The predicted octanol–water partition coefficient (Wildman–Crippen LogP) is 0.865. The van der Waals surface area contributed by atoms with Crippen LogP contribution in [-0.4, -0.2) is 45.2 Å². The fourth-order valence-corrected chi connectivity index (χ4v) is 1.96. The molecule has 1 saturated carbocycles. The Balaban J connectivity index is 1.72. The number of amides is 1. The molecule has 2 aromatic heterocycles. The highest BCUT2D eigenvalue weighted by Gasteiger charge is 2.23. The van der Waals surface area contributed by atoms with E-state index in [0.29, 0.717) is 23.5 Å². The number of nitrogens with zero attached hydrogens (tertiary/aromatic N) is 3. The lowest BCUT2D eigenvalue weighted by Gasteiger charge is -2.09. The Morgan fingerprint density at radius 2 is 2.24 bits per heavy atom. The third-order valence-corrected chi connectivity index (χ3v) is 3.20. The summed E-state index contributed by atoms with van der Waals surface area (Å²) in [7, 11) is 0. The van der Waals surface area contributed by atoms with Crippen LogP contribution in [-0.2, 0) is 4.79 Å². The number of hydrogen-bond donors (Lipinski definition) is 4. The molecule has 0 aromatic carbocycles. The van der Waals surface area contributed by atoms with E-state index >= 15 is 0 Å². The number of fused-ring (bicyclic) bond motifs is 1. The molecule has 1 aliphatic rings. The topological polar surface area (TPSA) is 108 Å². The summed E-state index contributed by atoms with van der Waals surface area (Å²) in [6.45, 7) is 3.06. The van der Waals surface area contributed by atoms with Crippen LogP contribution in [0.4, 0.5) is 11.8 Å². The van der Waals surface area contributed by atoms with Gasteiger partial charge in [0.15, 0.2) is 5.65 Å². The molecule has 112 valence electrons. The molecule has 0 aliphatic heterocycles. The Morgan fingerprint density at radius 3 is 3.00 bits per heavy atom. The van der Waals surface area contributed by atoms with Crippen molar-refractivity contribution in [3.63, 3.8) is 0 Å². The first-order valence-electron chi connectivity index (χ1n) is 7.24. The maximum Gasteiger partial charge on any atom is 0.239 e. The van der Waals surface area contributed by atoms with Crippen molar-refractivity contribution in [2.45, 2.75) is 32.2 Å². The molecule has 8 nitrogen and oxygen atoms in total. The van der Waals surface area contributed by atoms with Crippen LogP contribution in [0.5, 0.6) is 0 Å². The number of aromatic nitrogens is 4. The van der Waals surface area contributed by atoms with E-state index in [9.17, 15) is 4.79 Å². The number of H-pyrrole nitrogens is 1. The van der Waals surface area contributed by atoms with E-state index in [1.54, 1.807) is 6.20 Å². The SMILES string of the molecule is CCCNc1nc(NCC(=O)NC2CC2)c2cn[nH]c2n1. The van der Waals surface area contributed by atoms with Crippen LogP contribution < -0.4 is 16.0 Å². The van der Waals surface area contributed by atoms with E-state index in [4.69, 9.17) is 0 Å². The first-order valence-corrected chi connectivity index (χ1v) is 7.24. The van der Waals surface area contributed by atoms with Crippen LogP contribution in [0.2, 0.25) is 0 Å². The Labute approximate surface area is 122 Å². The van der Waals surface area contributed by atoms with Gasteiger partial charge >= 0.3 is 0 Å². The number of aromatic amines is 1. The van der Waals surface area contributed by atoms with E-state index in [1.807, 2.05) is 0 Å². The van der Waals surface area contributed by atoms with Crippen LogP contribution >= 0.6 is 0 Å². The Hall–Kier alpha value is -2.38. The number of rotatable bonds is 7. The molecule has 3 rings (SSSR count). The maximum atomic E-state index is 11.7. The third kappa shape index (κ3) is 3.39. The average molecular weight is 289 g/mol. The first-order chi connectivity index (χ1) is 10.3. The molecule has 2 aromatic rings. The standard InChI is InChI=1S/C13H19N7O/c1-2-5-14-13-18-11(9-6-16-20-12(9)19-13)15-7-10(21)17-8-3-4-8/h6,8H,2-5,7H2,1H3,(H,17,21)(H3,14,15,16,18,19,20). The molecule has 1 amide bonds. The number of nitrogens with one attached hydrogen (secondary N) is 4. The first kappa shape index (κ1) is 13.6. The number of carbonyl (C=O) groups is 1. The Bertz CT molecular complexity index is 634. The highest BCUT2D eigenvalue weighted by molar-refractivity contribution is 5.89. The van der Waals surface area contributed by atoms with Crippen molar-refractivity contribution in [3.05, 3.63) is 6.20 Å². The van der Waals surface area contributed by atoms with Crippen LogP contribution in [0.1, 0.15) is 26.2 Å². The molecule has 0 saturated heterocycles. The number of hydrogen-bond acceptors (Lipinski definition) is 6. The van der Waals surface area contributed by atoms with E-state index in [2.05, 4.69) is 43.0 Å². The predicted molar refractivity (Wildman–Crippen MR) is 80.1 cm³/mol. The van der Waals surface area contributed by atoms with E-state index in [1.165, 1.54) is 0 Å². The minimum atomic E-state index is -0.0178. The average Bonchev–Trinajstić information content (AvgIpc) is 3.16. The van der Waals surface area contributed by atoms with Gasteiger partial charge < -0.3 is 16.0 Å². The second-order valence-electron chi connectivity index (χ2n) is 5.15. The minimum absolute atomic E-state index is 0.0178. The highest BCUT2D eigenvalue weighted by atomic mass is 16.2. The molecule has 8 heteroatoms. The summed E-state index contributed by atoms with van der Waals surface area (Å²) in [4.78, 5) is 20.5. The van der Waals surface area contributed by atoms with Crippen LogP contribution in [0.15, 0.2) is 6.20 Å². The largest absolute Gasteiger partial charge is 0.360 e. The summed E-state index contributed by atoms with van der Waals surface area (Å²) < 4.78 is 0. The number of carbonyl (C=O) groups excluding carboxylic acids is 1. The van der Waals surface area contributed by atoms with Gasteiger partial charge in [-0.1, -0.05) is 6.92 Å². The Morgan fingerprint density at radius 1 is 1.38 bits per heavy atom. The van der Waals surface area contributed by atoms with Gasteiger partial charge in [-0.3, -0.25) is 9.89 Å². The van der Waals surface area contributed by atoms with Crippen molar-refractivity contribution in [3.8, 4) is 0 Å². The van der Waals surface area contributed by atoms with Gasteiger partial charge in [-0.25, -0.2) is 0 Å². The van der Waals surface area contributed by atoms with Crippen LogP contribution in [0, 0.1) is 0 Å². The number of anilines is 2. The molecular weight excluding hydrogens is 270 g/mol. The van der Waals surface area contributed by atoms with Gasteiger partial charge in [0.05, 0.1) is 18.1 Å². The monoisotopic (exact) mass is 289 g/mol. The van der Waals surface area contributed by atoms with Gasteiger partial charge in [-0.15, -0.1) is 0 Å². The van der Waals surface area contributed by atoms with E-state index in [0.717, 1.165) is 31.2 Å². The van der Waals surface area contributed by atoms with Gasteiger partial charge in [0, 0.05) is 12.6 Å². The molecule has 0 atom stereocenters. The summed E-state index contributed by atoms with van der Waals surface area (Å²) in [6.07, 6.45) is 4.80. The summed E-state index contributed by atoms with van der Waals surface area (Å²) in [5.74, 6) is 1.12. The molecule has 0 radical (unpaired) electrons. The molecule has 21 heavy (non-hydrogen) atoms. The molecule has 1 aliphatic carbocycles. The molecule has 0 unspecified atom stereocenters. The van der Waals surface area contributed by atoms with Gasteiger partial charge in [0.2, 0.25) is 11.9 Å². The highest BCUT2D eigenvalue weighted by Crippen LogP contribution is 2.20. The van der Waals surface area contributed by atoms with Gasteiger partial charge in [0.1, 0.15) is 5.82 Å². The maximum absolute atomic E-state index is 11.7. The Kier molecular flexibility index (Phi) is 3.85. The normalized spacial score (nSPS) is 14.1. The fraction of sp³-hybridized carbons (Fsp3) is 0.538. The van der Waals surface area contributed by atoms with Crippen molar-refractivity contribution in [2.24, 2.45) is 0 Å². The van der Waals surface area contributed by atoms with E-state index < -0.39 is 0 Å². The van der Waals surface area contributed by atoms with Gasteiger partial charge in [-0.05, 0) is 19.3 Å². The minimum Gasteiger partial charge on any atom is -0.360 e. The van der Waals surface area contributed by atoms with Crippen LogP contribution in [0.25, 0.3) is 11.0 Å². The zero-order valence-electron chi connectivity index (χ0n) is 11.9. The zero-order chi connectivity index (χ0) is 14.7. The second-order valence-corrected chi connectivity index (χ2v) is 5.15. The lowest BCUT2D eigenvalue weighted by molar-refractivity contribution is -0.119. The molecule has 0 bridgehead atoms. The van der Waals surface area contributed by atoms with Gasteiger partial charge in [0.25, 0.3) is 0 Å².